The maximum atomic E-state index is 11.9. The van der Waals surface area contributed by atoms with Crippen LogP contribution in [0, 0.1) is 0 Å². The van der Waals surface area contributed by atoms with Crippen LogP contribution in [-0.2, 0) is 4.79 Å². The van der Waals surface area contributed by atoms with E-state index in [9.17, 15) is 4.79 Å². The van der Waals surface area contributed by atoms with Gasteiger partial charge in [-0.05, 0) is 25.6 Å². The second-order valence-corrected chi connectivity index (χ2v) is 5.16. The zero-order chi connectivity index (χ0) is 15.0. The van der Waals surface area contributed by atoms with Crippen LogP contribution in [0.25, 0.3) is 0 Å². The molecular formula is C15H23ClN2O2. The van der Waals surface area contributed by atoms with Crippen LogP contribution in [0.3, 0.4) is 0 Å². The van der Waals surface area contributed by atoms with Crippen molar-refractivity contribution in [2.24, 2.45) is 0 Å². The van der Waals surface area contributed by atoms with Crippen LogP contribution in [0.4, 0.5) is 0 Å². The number of hydrogen-bond acceptors (Lipinski definition) is 3. The van der Waals surface area contributed by atoms with Crippen molar-refractivity contribution in [3.05, 3.63) is 29.3 Å². The predicted octanol–water partition coefficient (Wildman–Crippen LogP) is 2.57. The van der Waals surface area contributed by atoms with Crippen LogP contribution in [0.15, 0.2) is 24.3 Å². The molecule has 0 fully saturated rings. The number of nitrogens with one attached hydrogen (secondary N) is 1. The molecule has 1 unspecified atom stereocenters. The Kier molecular flexibility index (Phi) is 7.41. The summed E-state index contributed by atoms with van der Waals surface area (Å²) in [7, 11) is 1.79. The van der Waals surface area contributed by atoms with Gasteiger partial charge in [-0.2, -0.15) is 0 Å². The normalized spacial score (nSPS) is 12.0. The minimum atomic E-state index is 0.112. The summed E-state index contributed by atoms with van der Waals surface area (Å²) in [5, 5.41) is 3.81. The lowest BCUT2D eigenvalue weighted by molar-refractivity contribution is -0.130. The molecule has 0 saturated heterocycles. The molecule has 20 heavy (non-hydrogen) atoms. The molecule has 0 aliphatic heterocycles. The lowest BCUT2D eigenvalue weighted by Gasteiger charge is -2.20. The van der Waals surface area contributed by atoms with E-state index >= 15 is 0 Å². The van der Waals surface area contributed by atoms with Crippen molar-refractivity contribution in [1.29, 1.82) is 0 Å². The van der Waals surface area contributed by atoms with E-state index in [0.717, 1.165) is 6.54 Å². The molecule has 0 aromatic heterocycles. The first-order valence-corrected chi connectivity index (χ1v) is 7.27. The van der Waals surface area contributed by atoms with Crippen LogP contribution >= 0.6 is 11.6 Å². The lowest BCUT2D eigenvalue weighted by atomic mass is 10.2. The standard InChI is InChI=1S/C15H23ClN2O2/c1-4-17-12(2)11-15(19)18(3)9-10-20-14-8-6-5-7-13(14)16/h5-8,12,17H,4,9-11H2,1-3H3. The van der Waals surface area contributed by atoms with E-state index in [0.29, 0.717) is 30.3 Å². The third-order valence-corrected chi connectivity index (χ3v) is 3.29. The summed E-state index contributed by atoms with van der Waals surface area (Å²) >= 11 is 5.99. The van der Waals surface area contributed by atoms with Crippen molar-refractivity contribution in [2.75, 3.05) is 26.7 Å². The van der Waals surface area contributed by atoms with Crippen LogP contribution < -0.4 is 10.1 Å². The van der Waals surface area contributed by atoms with Crippen LogP contribution in [0.2, 0.25) is 5.02 Å². The minimum absolute atomic E-state index is 0.112. The highest BCUT2D eigenvalue weighted by Crippen LogP contribution is 2.22. The van der Waals surface area contributed by atoms with Gasteiger partial charge in [0.1, 0.15) is 12.4 Å². The zero-order valence-corrected chi connectivity index (χ0v) is 13.1. The van der Waals surface area contributed by atoms with Crippen LogP contribution in [-0.4, -0.2) is 43.6 Å². The molecule has 1 amide bonds. The van der Waals surface area contributed by atoms with Gasteiger partial charge in [0.25, 0.3) is 0 Å². The Morgan fingerprint density at radius 3 is 2.80 bits per heavy atom. The SMILES string of the molecule is CCNC(C)CC(=O)N(C)CCOc1ccccc1Cl. The molecule has 0 saturated carbocycles. The summed E-state index contributed by atoms with van der Waals surface area (Å²) in [5.74, 6) is 0.761. The topological polar surface area (TPSA) is 41.6 Å². The highest BCUT2D eigenvalue weighted by molar-refractivity contribution is 6.32. The van der Waals surface area contributed by atoms with Gasteiger partial charge in [-0.1, -0.05) is 30.7 Å². The molecule has 4 nitrogen and oxygen atoms in total. The van der Waals surface area contributed by atoms with Gasteiger partial charge in [0.2, 0.25) is 5.91 Å². The number of hydrogen-bond donors (Lipinski definition) is 1. The molecule has 0 bridgehead atoms. The van der Waals surface area contributed by atoms with E-state index in [1.54, 1.807) is 18.0 Å². The van der Waals surface area contributed by atoms with E-state index in [2.05, 4.69) is 5.32 Å². The van der Waals surface area contributed by atoms with Crippen molar-refractivity contribution >= 4 is 17.5 Å². The summed E-state index contributed by atoms with van der Waals surface area (Å²) in [5.41, 5.74) is 0. The Labute approximate surface area is 126 Å². The average Bonchev–Trinajstić information content (AvgIpc) is 2.41. The third-order valence-electron chi connectivity index (χ3n) is 2.98. The van der Waals surface area contributed by atoms with Gasteiger partial charge in [-0.3, -0.25) is 4.79 Å². The second-order valence-electron chi connectivity index (χ2n) is 4.76. The summed E-state index contributed by atoms with van der Waals surface area (Å²) < 4.78 is 5.57. The number of halogens is 1. The van der Waals surface area contributed by atoms with E-state index in [-0.39, 0.29) is 11.9 Å². The number of benzene rings is 1. The number of para-hydroxylation sites is 1. The summed E-state index contributed by atoms with van der Waals surface area (Å²) in [6.45, 7) is 5.88. The average molecular weight is 299 g/mol. The fourth-order valence-corrected chi connectivity index (χ4v) is 2.01. The Bertz CT molecular complexity index is 426. The summed E-state index contributed by atoms with van der Waals surface area (Å²) in [4.78, 5) is 13.6. The first kappa shape index (κ1) is 16.8. The van der Waals surface area contributed by atoms with Gasteiger partial charge in [-0.15, -0.1) is 0 Å². The maximum Gasteiger partial charge on any atom is 0.223 e. The molecule has 5 heteroatoms. The largest absolute Gasteiger partial charge is 0.490 e. The van der Waals surface area contributed by atoms with Crippen molar-refractivity contribution in [1.82, 2.24) is 10.2 Å². The fraction of sp³-hybridized carbons (Fsp3) is 0.533. The molecule has 0 spiro atoms. The Hall–Kier alpha value is -1.26. The smallest absolute Gasteiger partial charge is 0.223 e. The number of likely N-dealkylation sites (N-methyl/N-ethyl adjacent to an activating group) is 1. The van der Waals surface area contributed by atoms with E-state index in [1.165, 1.54) is 0 Å². The minimum Gasteiger partial charge on any atom is -0.490 e. The second kappa shape index (κ2) is 8.82. The Balaban J connectivity index is 2.31. The van der Waals surface area contributed by atoms with Crippen LogP contribution in [0.5, 0.6) is 5.75 Å². The van der Waals surface area contributed by atoms with Gasteiger partial charge in [-0.25, -0.2) is 0 Å². The monoisotopic (exact) mass is 298 g/mol. The number of rotatable bonds is 8. The van der Waals surface area contributed by atoms with Crippen molar-refractivity contribution in [3.8, 4) is 5.75 Å². The van der Waals surface area contributed by atoms with Crippen molar-refractivity contribution < 1.29 is 9.53 Å². The van der Waals surface area contributed by atoms with Crippen molar-refractivity contribution in [2.45, 2.75) is 26.3 Å². The quantitative estimate of drug-likeness (QED) is 0.802. The highest BCUT2D eigenvalue weighted by atomic mass is 35.5. The summed E-state index contributed by atoms with van der Waals surface area (Å²) in [6.07, 6.45) is 0.496. The van der Waals surface area contributed by atoms with E-state index in [4.69, 9.17) is 16.3 Å². The molecule has 0 aliphatic rings. The maximum absolute atomic E-state index is 11.9. The van der Waals surface area contributed by atoms with Gasteiger partial charge in [0.05, 0.1) is 11.6 Å². The molecule has 0 aliphatic carbocycles. The lowest BCUT2D eigenvalue weighted by Crippen LogP contribution is -2.36. The van der Waals surface area contributed by atoms with Gasteiger partial charge in [0.15, 0.2) is 0 Å². The third kappa shape index (κ3) is 5.80. The molecule has 1 rings (SSSR count). The molecule has 1 aromatic carbocycles. The van der Waals surface area contributed by atoms with Gasteiger partial charge >= 0.3 is 0 Å². The fourth-order valence-electron chi connectivity index (χ4n) is 1.82. The first-order valence-electron chi connectivity index (χ1n) is 6.89. The van der Waals surface area contributed by atoms with E-state index in [1.807, 2.05) is 32.0 Å². The van der Waals surface area contributed by atoms with Gasteiger partial charge in [0, 0.05) is 19.5 Å². The number of ether oxygens (including phenoxy) is 1. The zero-order valence-electron chi connectivity index (χ0n) is 12.4. The number of carbonyl (C=O) groups is 1. The van der Waals surface area contributed by atoms with Crippen LogP contribution in [0.1, 0.15) is 20.3 Å². The van der Waals surface area contributed by atoms with Crippen molar-refractivity contribution in [3.63, 3.8) is 0 Å². The molecule has 112 valence electrons. The highest BCUT2D eigenvalue weighted by Gasteiger charge is 2.12. The molecule has 0 radical (unpaired) electrons. The Morgan fingerprint density at radius 1 is 1.45 bits per heavy atom. The number of carbonyl (C=O) groups excluding carboxylic acids is 1. The summed E-state index contributed by atoms with van der Waals surface area (Å²) in [6, 6.07) is 7.52. The molecule has 1 atom stereocenters. The molecule has 0 heterocycles. The number of nitrogens with zero attached hydrogens (tertiary/aromatic N) is 1. The first-order chi connectivity index (χ1) is 9.54. The van der Waals surface area contributed by atoms with Gasteiger partial charge < -0.3 is 15.0 Å². The molecule has 1 aromatic rings. The molecule has 1 N–H and O–H groups in total. The Morgan fingerprint density at radius 2 is 2.15 bits per heavy atom. The predicted molar refractivity (Wildman–Crippen MR) is 82.3 cm³/mol. The van der Waals surface area contributed by atoms with E-state index < -0.39 is 0 Å². The number of amides is 1. The molecular weight excluding hydrogens is 276 g/mol.